The maximum absolute atomic E-state index is 11.0. The maximum Gasteiger partial charge on any atom is 0.0898 e. The molecule has 0 amide bonds. The van der Waals surface area contributed by atoms with Crippen molar-refractivity contribution in [3.8, 4) is 0 Å². The molecule has 1 aromatic heterocycles. The molecule has 2 aromatic rings. The zero-order valence-electron chi connectivity index (χ0n) is 12.7. The molecule has 2 N–H and O–H groups in total. The Labute approximate surface area is 126 Å². The maximum atomic E-state index is 11.0. The van der Waals surface area contributed by atoms with Crippen molar-refractivity contribution in [2.24, 2.45) is 0 Å². The van der Waals surface area contributed by atoms with Gasteiger partial charge in [-0.3, -0.25) is 4.98 Å². The highest BCUT2D eigenvalue weighted by Gasteiger charge is 2.34. The first-order valence-corrected chi connectivity index (χ1v) is 8.02. The van der Waals surface area contributed by atoms with E-state index < -0.39 is 5.60 Å². The lowest BCUT2D eigenvalue weighted by atomic mass is 9.77. The minimum Gasteiger partial charge on any atom is -0.385 e. The summed E-state index contributed by atoms with van der Waals surface area (Å²) in [7, 11) is 0. The lowest BCUT2D eigenvalue weighted by Crippen LogP contribution is -2.40. The first kappa shape index (κ1) is 14.5. The number of hydrogen-bond donors (Lipinski definition) is 2. The molecule has 1 aliphatic rings. The smallest absolute Gasteiger partial charge is 0.0898 e. The second kappa shape index (κ2) is 6.12. The second-order valence-electron chi connectivity index (χ2n) is 6.17. The van der Waals surface area contributed by atoms with Crippen molar-refractivity contribution in [1.29, 1.82) is 0 Å². The van der Waals surface area contributed by atoms with E-state index >= 15 is 0 Å². The van der Waals surface area contributed by atoms with Crippen molar-refractivity contribution < 1.29 is 5.11 Å². The monoisotopic (exact) mass is 284 g/mol. The Morgan fingerprint density at radius 1 is 1.29 bits per heavy atom. The van der Waals surface area contributed by atoms with Crippen LogP contribution in [0, 0.1) is 0 Å². The predicted molar refractivity (Wildman–Crippen MR) is 86.2 cm³/mol. The molecule has 1 aliphatic carbocycles. The van der Waals surface area contributed by atoms with E-state index in [1.54, 1.807) is 6.20 Å². The Balaban J connectivity index is 1.75. The Morgan fingerprint density at radius 3 is 2.86 bits per heavy atom. The van der Waals surface area contributed by atoms with Crippen LogP contribution in [0.25, 0.3) is 10.9 Å². The highest BCUT2D eigenvalue weighted by Crippen LogP contribution is 2.37. The normalized spacial score (nSPS) is 26.1. The fourth-order valence-corrected chi connectivity index (χ4v) is 3.30. The molecule has 3 heteroatoms. The van der Waals surface area contributed by atoms with Crippen LogP contribution in [0.3, 0.4) is 0 Å². The standard InChI is InChI=1S/C18H24N2O/c1-2-11-19-16-7-9-18(21,10-8-16)15-5-6-17-14(13-15)4-3-12-20-17/h3-6,12-13,16,19,21H,2,7-11H2,1H3. The van der Waals surface area contributed by atoms with Crippen molar-refractivity contribution in [3.05, 3.63) is 42.1 Å². The van der Waals surface area contributed by atoms with Crippen molar-refractivity contribution in [2.75, 3.05) is 6.54 Å². The number of aliphatic hydroxyl groups is 1. The third-order valence-corrected chi connectivity index (χ3v) is 4.64. The molecule has 0 bridgehead atoms. The van der Waals surface area contributed by atoms with Crippen LogP contribution in [0.15, 0.2) is 36.5 Å². The average Bonchev–Trinajstić information content (AvgIpc) is 2.54. The SMILES string of the molecule is CCCNC1CCC(O)(c2ccc3ncccc3c2)CC1. The van der Waals surface area contributed by atoms with Gasteiger partial charge >= 0.3 is 0 Å². The fraction of sp³-hybridized carbons (Fsp3) is 0.500. The first-order chi connectivity index (χ1) is 10.2. The van der Waals surface area contributed by atoms with Gasteiger partial charge in [-0.05, 0) is 62.4 Å². The van der Waals surface area contributed by atoms with Gasteiger partial charge in [-0.1, -0.05) is 19.1 Å². The van der Waals surface area contributed by atoms with Gasteiger partial charge < -0.3 is 10.4 Å². The van der Waals surface area contributed by atoms with Gasteiger partial charge in [-0.15, -0.1) is 0 Å². The Kier molecular flexibility index (Phi) is 4.22. The molecular formula is C18H24N2O. The fourth-order valence-electron chi connectivity index (χ4n) is 3.30. The molecule has 1 saturated carbocycles. The summed E-state index contributed by atoms with van der Waals surface area (Å²) in [6, 6.07) is 10.7. The van der Waals surface area contributed by atoms with Crippen molar-refractivity contribution in [2.45, 2.75) is 50.7 Å². The van der Waals surface area contributed by atoms with Crippen LogP contribution < -0.4 is 5.32 Å². The van der Waals surface area contributed by atoms with Gasteiger partial charge in [-0.25, -0.2) is 0 Å². The summed E-state index contributed by atoms with van der Waals surface area (Å²) in [6.07, 6.45) is 6.73. The third-order valence-electron chi connectivity index (χ3n) is 4.64. The molecule has 21 heavy (non-hydrogen) atoms. The molecule has 112 valence electrons. The Morgan fingerprint density at radius 2 is 2.10 bits per heavy atom. The van der Waals surface area contributed by atoms with E-state index in [4.69, 9.17) is 0 Å². The molecular weight excluding hydrogens is 260 g/mol. The van der Waals surface area contributed by atoms with Gasteiger partial charge in [0.2, 0.25) is 0 Å². The summed E-state index contributed by atoms with van der Waals surface area (Å²) >= 11 is 0. The lowest BCUT2D eigenvalue weighted by Gasteiger charge is -2.37. The summed E-state index contributed by atoms with van der Waals surface area (Å²) in [6.45, 7) is 3.26. The van der Waals surface area contributed by atoms with Gasteiger partial charge in [0.15, 0.2) is 0 Å². The third kappa shape index (κ3) is 3.09. The van der Waals surface area contributed by atoms with E-state index in [9.17, 15) is 5.11 Å². The first-order valence-electron chi connectivity index (χ1n) is 8.02. The van der Waals surface area contributed by atoms with Gasteiger partial charge in [0.25, 0.3) is 0 Å². The van der Waals surface area contributed by atoms with Crippen molar-refractivity contribution >= 4 is 10.9 Å². The van der Waals surface area contributed by atoms with Crippen molar-refractivity contribution in [3.63, 3.8) is 0 Å². The van der Waals surface area contributed by atoms with Crippen LogP contribution in [0.4, 0.5) is 0 Å². The van der Waals surface area contributed by atoms with Crippen molar-refractivity contribution in [1.82, 2.24) is 10.3 Å². The van der Waals surface area contributed by atoms with Gasteiger partial charge in [0.05, 0.1) is 11.1 Å². The zero-order chi connectivity index (χ0) is 14.7. The summed E-state index contributed by atoms with van der Waals surface area (Å²) in [5.41, 5.74) is 1.36. The van der Waals surface area contributed by atoms with E-state index in [0.29, 0.717) is 6.04 Å². The largest absolute Gasteiger partial charge is 0.385 e. The molecule has 3 nitrogen and oxygen atoms in total. The topological polar surface area (TPSA) is 45.1 Å². The van der Waals surface area contributed by atoms with Crippen LogP contribution in [0.2, 0.25) is 0 Å². The van der Waals surface area contributed by atoms with Crippen LogP contribution >= 0.6 is 0 Å². The number of aromatic nitrogens is 1. The molecule has 0 radical (unpaired) electrons. The molecule has 1 heterocycles. The molecule has 3 rings (SSSR count). The van der Waals surface area contributed by atoms with E-state index in [0.717, 1.165) is 48.7 Å². The highest BCUT2D eigenvalue weighted by molar-refractivity contribution is 5.79. The number of hydrogen-bond acceptors (Lipinski definition) is 3. The highest BCUT2D eigenvalue weighted by atomic mass is 16.3. The van der Waals surface area contributed by atoms with E-state index in [1.165, 1.54) is 6.42 Å². The van der Waals surface area contributed by atoms with Crippen LogP contribution in [-0.4, -0.2) is 22.7 Å². The second-order valence-corrected chi connectivity index (χ2v) is 6.17. The number of rotatable bonds is 4. The van der Waals surface area contributed by atoms with Gasteiger partial charge in [0, 0.05) is 17.6 Å². The zero-order valence-corrected chi connectivity index (χ0v) is 12.7. The quantitative estimate of drug-likeness (QED) is 0.905. The molecule has 0 atom stereocenters. The molecule has 1 fully saturated rings. The minimum absolute atomic E-state index is 0.562. The molecule has 0 saturated heterocycles. The lowest BCUT2D eigenvalue weighted by molar-refractivity contribution is -0.00815. The number of pyridine rings is 1. The predicted octanol–water partition coefficient (Wildman–Crippen LogP) is 3.36. The summed E-state index contributed by atoms with van der Waals surface area (Å²) in [4.78, 5) is 4.34. The van der Waals surface area contributed by atoms with Gasteiger partial charge in [0.1, 0.15) is 0 Å². The van der Waals surface area contributed by atoms with E-state index in [-0.39, 0.29) is 0 Å². The molecule has 0 spiro atoms. The number of nitrogens with zero attached hydrogens (tertiary/aromatic N) is 1. The van der Waals surface area contributed by atoms with E-state index in [1.807, 2.05) is 18.2 Å². The molecule has 0 aliphatic heterocycles. The average molecular weight is 284 g/mol. The Hall–Kier alpha value is -1.45. The van der Waals surface area contributed by atoms with E-state index in [2.05, 4.69) is 29.4 Å². The number of nitrogens with one attached hydrogen (secondary N) is 1. The summed E-state index contributed by atoms with van der Waals surface area (Å²) in [5.74, 6) is 0. The summed E-state index contributed by atoms with van der Waals surface area (Å²) < 4.78 is 0. The Bertz CT molecular complexity index is 603. The van der Waals surface area contributed by atoms with Crippen LogP contribution in [0.1, 0.15) is 44.6 Å². The van der Waals surface area contributed by atoms with Gasteiger partial charge in [-0.2, -0.15) is 0 Å². The van der Waals surface area contributed by atoms with Crippen LogP contribution in [0.5, 0.6) is 0 Å². The summed E-state index contributed by atoms with van der Waals surface area (Å²) in [5, 5.41) is 15.7. The molecule has 1 aromatic carbocycles. The van der Waals surface area contributed by atoms with Crippen LogP contribution in [-0.2, 0) is 5.60 Å². The number of fused-ring (bicyclic) bond motifs is 1. The molecule has 0 unspecified atom stereocenters. The number of benzene rings is 1. The minimum atomic E-state index is -0.672.